The van der Waals surface area contributed by atoms with E-state index in [1.165, 1.54) is 178 Å². The number of hydrogen-bond acceptors (Lipinski definition) is 10. The third kappa shape index (κ3) is 34.6. The van der Waals surface area contributed by atoms with Crippen molar-refractivity contribution in [1.82, 2.24) is 0 Å². The first kappa shape index (κ1) is 139. The molecule has 1 aliphatic heterocycles. The van der Waals surface area contributed by atoms with Gasteiger partial charge in [0.2, 0.25) is 0 Å². The monoisotopic (exact) mass is 2140 g/mol. The number of allylic oxidation sites excluding steroid dienone is 9. The molecule has 9 saturated carbocycles. The summed E-state index contributed by atoms with van der Waals surface area (Å²) in [5, 5.41) is 32.9. The van der Waals surface area contributed by atoms with Gasteiger partial charge in [-0.15, -0.1) is 0 Å². The van der Waals surface area contributed by atoms with E-state index < -0.39 is 61.1 Å². The van der Waals surface area contributed by atoms with Gasteiger partial charge in [-0.2, -0.15) is 5.26 Å². The number of aliphatic hydroxyl groups is 2. The van der Waals surface area contributed by atoms with Gasteiger partial charge in [0.15, 0.2) is 49.9 Å². The van der Waals surface area contributed by atoms with E-state index in [1.807, 2.05) is 0 Å². The van der Waals surface area contributed by atoms with E-state index >= 15 is 0 Å². The Morgan fingerprint density at radius 1 is 0.361 bits per heavy atom. The van der Waals surface area contributed by atoms with E-state index in [0.29, 0.717) is 57.2 Å². The molecule has 0 aromatic heterocycles. The van der Waals surface area contributed by atoms with Crippen LogP contribution in [-0.4, -0.2) is 158 Å². The van der Waals surface area contributed by atoms with Crippen molar-refractivity contribution in [3.05, 3.63) is 77.3 Å². The number of rotatable bonds is 29. The van der Waals surface area contributed by atoms with Crippen molar-refractivity contribution in [3.8, 4) is 6.07 Å². The standard InChI is InChI=1S/2C41H78O3Si2.C40H74O3Si2.C2H3N.CH3.Cu.2Li/c2*1-17-41(42)35(43-45(13,14)38(6,7)8)28-31(29-36(41)44-46(15,16)39(9,10)11)22-23-32-21-19-27-40(12)33(24-25-34(32)40)30(2)20-18-26-37(3,4)5;1-29(18-16-24-36(2,3)4)32-22-23-33-31(19-17-25-39(32,33)11)21-20-30-26-34(42-44(12,13)37(5,6)7)40(28-41-40)35(27-30)43-45(14,15)38(8,9)10;1-2-3;;;;/h2*22-23,30,33-36,42H,17-21,24-29H2,1-16H3;20-21,29,32-35H,16-19,22-28H2,1-15H3;1H3;1H3;;;/q;;;;-1;+1;;/b2*31-22?,32-23+;30-20?,31-21+;;;;;/t2*30-,33?,34?,35+,36+,40?,41?;29-,32?,33?,34+,35+,39?,40?;;;;;/m000...../s1. The summed E-state index contributed by atoms with van der Waals surface area (Å²) in [5.74, 6) is 7.16. The Morgan fingerprint density at radius 3 is 0.722 bits per heavy atom. The fraction of sp³-hybridized carbons (Fsp3) is 0.888. The number of hydrogen-bond donors (Lipinski definition) is 2. The first-order valence-corrected chi connectivity index (χ1v) is 75.4. The van der Waals surface area contributed by atoms with Crippen LogP contribution in [0, 0.1) is 105 Å². The van der Waals surface area contributed by atoms with Gasteiger partial charge in [0.05, 0.1) is 49.3 Å². The summed E-state index contributed by atoms with van der Waals surface area (Å²) in [7, 11) is -12.5. The Labute approximate surface area is 936 Å². The van der Waals surface area contributed by atoms with E-state index in [9.17, 15) is 10.2 Å². The molecular weight excluding hydrogens is 1910 g/mol. The maximum Gasteiger partial charge on any atom is 1.00 e. The zero-order valence-corrected chi connectivity index (χ0v) is 112. The molecule has 10 aliphatic rings. The molecular formula is C125H236CuLi2NO9Si6. The van der Waals surface area contributed by atoms with Crippen LogP contribution in [0.3, 0.4) is 0 Å². The molecule has 9 aliphatic carbocycles. The van der Waals surface area contributed by atoms with Crippen LogP contribution in [-0.2, 0) is 48.4 Å². The zero-order chi connectivity index (χ0) is 107. The Hall–Kier alpha value is 0.586. The van der Waals surface area contributed by atoms with Crippen molar-refractivity contribution in [1.29, 1.82) is 5.26 Å². The number of ether oxygens (including phenoxy) is 1. The summed E-state index contributed by atoms with van der Waals surface area (Å²) >= 11 is 0. The quantitative estimate of drug-likeness (QED) is 0.0424. The van der Waals surface area contributed by atoms with Gasteiger partial charge in [0.25, 0.3) is 0 Å². The molecule has 0 amide bonds. The number of nitrogens with zero attached hydrogens (tertiary/aromatic N) is 1. The summed E-state index contributed by atoms with van der Waals surface area (Å²) in [6.07, 6.45) is 53.1. The van der Waals surface area contributed by atoms with E-state index in [2.05, 4.69) is 357 Å². The normalized spacial score (nSPS) is 32.2. The molecule has 10 rings (SSSR count). The summed E-state index contributed by atoms with van der Waals surface area (Å²) < 4.78 is 49.5. The second-order valence-corrected chi connectivity index (χ2v) is 90.4. The molecule has 10 fully saturated rings. The minimum Gasteiger partial charge on any atom is -0.411 e. The first-order valence-electron chi connectivity index (χ1n) is 58.0. The molecule has 832 valence electrons. The molecule has 0 aromatic rings. The second kappa shape index (κ2) is 52.2. The van der Waals surface area contributed by atoms with Gasteiger partial charge in [-0.1, -0.05) is 351 Å². The molecule has 19 heteroatoms. The SMILES string of the molecule is CC#N.CCC1(O)[C@H](O[Si](C)(C)C(C)(C)C)CC(=C/C=C2\CCCC3(C)C2CCC3[C@@H](C)CCCC(C)(C)C)C[C@H]1O[Si](C)(C)C(C)(C)C.CCC1(O)[C@H](O[Si](C)(C)C(C)(C)C)CC(=C/C=C2\CCCC3(C)C2CCC3[C@@H](C)CCCC(C)(C)C)C[C@H]1O[Si](C)(C)C(C)(C)C.C[C@@H](CCCC(C)(C)C)C1CCC2/C(=C/C=C3C[C@@H](O[Si](C)(C)C(C)(C)C)C4(CO4)[C@H](O[Si](C)(C)C(C)(C)C)C3)CCCC21C.[CH3-].[Cu+].[Li].[Li]. The van der Waals surface area contributed by atoms with Gasteiger partial charge in [-0.3, -0.25) is 0 Å². The van der Waals surface area contributed by atoms with Crippen molar-refractivity contribution < 1.29 is 58.6 Å². The molecule has 2 N–H and O–H groups in total. The van der Waals surface area contributed by atoms with Gasteiger partial charge < -0.3 is 48.9 Å². The van der Waals surface area contributed by atoms with Crippen molar-refractivity contribution in [2.45, 2.75) is 617 Å². The van der Waals surface area contributed by atoms with Gasteiger partial charge in [0, 0.05) is 44.6 Å². The minimum absolute atomic E-state index is 0. The molecule has 1 heterocycles. The third-order valence-corrected chi connectivity index (χ3v) is 68.5. The third-order valence-electron chi connectivity index (χ3n) is 41.6. The summed E-state index contributed by atoms with van der Waals surface area (Å²) in [4.78, 5) is 0. The van der Waals surface area contributed by atoms with Crippen LogP contribution >= 0.6 is 0 Å². The number of epoxide rings is 1. The zero-order valence-electron chi connectivity index (χ0n) is 105. The minimum atomic E-state index is -2.12. The van der Waals surface area contributed by atoms with Crippen molar-refractivity contribution in [2.24, 2.45) is 85.8 Å². The van der Waals surface area contributed by atoms with Crippen molar-refractivity contribution in [3.63, 3.8) is 0 Å². The largest absolute Gasteiger partial charge is 1.00 e. The Kier molecular flexibility index (Phi) is 50.2. The molecule has 0 bridgehead atoms. The average Bonchev–Trinajstić information content (AvgIpc) is 1.55. The molecule has 0 aromatic carbocycles. The summed E-state index contributed by atoms with van der Waals surface area (Å²) in [6.45, 7) is 114. The van der Waals surface area contributed by atoms with Crippen molar-refractivity contribution >= 4 is 87.6 Å². The van der Waals surface area contributed by atoms with Gasteiger partial charge in [0.1, 0.15) is 16.8 Å². The van der Waals surface area contributed by atoms with E-state index in [1.54, 1.807) is 22.8 Å². The van der Waals surface area contributed by atoms with Gasteiger partial charge in [-0.05, 0) is 361 Å². The average molecular weight is 2140 g/mol. The van der Waals surface area contributed by atoms with E-state index in [-0.39, 0.29) is 135 Å². The van der Waals surface area contributed by atoms with Crippen LogP contribution in [0.15, 0.2) is 69.9 Å². The number of nitriles is 1. The Bertz CT molecular complexity index is 3920. The van der Waals surface area contributed by atoms with E-state index in [0.717, 1.165) is 86.6 Å². The Balaban J connectivity index is 0.000000540. The van der Waals surface area contributed by atoms with E-state index in [4.69, 9.17) is 36.6 Å². The van der Waals surface area contributed by atoms with Crippen LogP contribution in [0.2, 0.25) is 109 Å². The maximum atomic E-state index is 12.5. The molecule has 144 heavy (non-hydrogen) atoms. The second-order valence-electron chi connectivity index (χ2n) is 61.9. The fourth-order valence-electron chi connectivity index (χ4n) is 26.0. The first-order chi connectivity index (χ1) is 63.4. The van der Waals surface area contributed by atoms with Crippen molar-refractivity contribution in [2.75, 3.05) is 6.61 Å². The predicted octanol–water partition coefficient (Wildman–Crippen LogP) is 37.7. The molecule has 9 unspecified atom stereocenters. The topological polar surface area (TPSA) is 132 Å². The Morgan fingerprint density at radius 2 is 0.549 bits per heavy atom. The smallest absolute Gasteiger partial charge is 0.411 e. The predicted molar refractivity (Wildman–Crippen MR) is 639 cm³/mol. The van der Waals surface area contributed by atoms with Crippen LogP contribution in [0.1, 0.15) is 455 Å². The summed E-state index contributed by atoms with van der Waals surface area (Å²) in [5.41, 5.74) is 9.80. The number of fused-ring (bicyclic) bond motifs is 3. The molecule has 18 atom stereocenters. The van der Waals surface area contributed by atoms with Crippen LogP contribution in [0.25, 0.3) is 0 Å². The summed E-state index contributed by atoms with van der Waals surface area (Å²) in [6, 6.07) is 1.75. The fourth-order valence-corrected chi connectivity index (χ4v) is 34.1. The molecule has 1 saturated heterocycles. The van der Waals surface area contributed by atoms with Gasteiger partial charge in [-0.25, -0.2) is 0 Å². The molecule has 1 spiro atoms. The van der Waals surface area contributed by atoms with Crippen LogP contribution in [0.4, 0.5) is 0 Å². The maximum absolute atomic E-state index is 12.5. The van der Waals surface area contributed by atoms with Gasteiger partial charge >= 0.3 is 17.1 Å². The van der Waals surface area contributed by atoms with Crippen LogP contribution in [0.5, 0.6) is 0 Å². The van der Waals surface area contributed by atoms with Crippen LogP contribution < -0.4 is 0 Å². The molecule has 2 radical (unpaired) electrons. The molecule has 10 nitrogen and oxygen atoms in total.